The van der Waals surface area contributed by atoms with E-state index in [1.165, 1.54) is 4.90 Å². The fourth-order valence-corrected chi connectivity index (χ4v) is 1.75. The zero-order chi connectivity index (χ0) is 13.3. The van der Waals surface area contributed by atoms with Crippen molar-refractivity contribution in [3.63, 3.8) is 0 Å². The molecule has 18 heavy (non-hydrogen) atoms. The van der Waals surface area contributed by atoms with Crippen LogP contribution in [0, 0.1) is 0 Å². The quantitative estimate of drug-likeness (QED) is 0.608. The number of aromatic amines is 1. The molecule has 1 saturated heterocycles. The van der Waals surface area contributed by atoms with Gasteiger partial charge in [0.1, 0.15) is 12.2 Å². The molecule has 0 aliphatic carbocycles. The fourth-order valence-electron chi connectivity index (χ4n) is 1.75. The van der Waals surface area contributed by atoms with Gasteiger partial charge in [0, 0.05) is 0 Å². The van der Waals surface area contributed by atoms with Crippen LogP contribution in [0.2, 0.25) is 0 Å². The van der Waals surface area contributed by atoms with E-state index in [0.29, 0.717) is 13.1 Å². The van der Waals surface area contributed by atoms with Crippen LogP contribution in [0.4, 0.5) is 5.95 Å². The van der Waals surface area contributed by atoms with Crippen LogP contribution in [0.1, 0.15) is 17.5 Å². The van der Waals surface area contributed by atoms with Gasteiger partial charge in [0.15, 0.2) is 0 Å². The second-order valence-corrected chi connectivity index (χ2v) is 4.34. The Morgan fingerprint density at radius 1 is 1.61 bits per heavy atom. The van der Waals surface area contributed by atoms with Gasteiger partial charge < -0.3 is 20.5 Å². The predicted molar refractivity (Wildman–Crippen MR) is 58.7 cm³/mol. The number of aromatic nitrogens is 3. The summed E-state index contributed by atoms with van der Waals surface area (Å²) in [4.78, 5) is 27.4. The highest BCUT2D eigenvalue weighted by Gasteiger charge is 2.43. The molecule has 1 aromatic heterocycles. The predicted octanol–water partition coefficient (Wildman–Crippen LogP) is -1.30. The van der Waals surface area contributed by atoms with Crippen molar-refractivity contribution >= 4 is 17.8 Å². The number of ether oxygens (including phenoxy) is 1. The van der Waals surface area contributed by atoms with Crippen LogP contribution in [-0.4, -0.2) is 62.4 Å². The first-order valence-electron chi connectivity index (χ1n) is 5.22. The number of carbonyl (C=O) groups is 2. The van der Waals surface area contributed by atoms with Crippen molar-refractivity contribution in [3.05, 3.63) is 5.82 Å². The first kappa shape index (κ1) is 12.3. The molecule has 1 aromatic rings. The molecule has 1 amide bonds. The Hall–Kier alpha value is -2.16. The van der Waals surface area contributed by atoms with Crippen LogP contribution < -0.4 is 5.73 Å². The molecule has 2 heterocycles. The smallest absolute Gasteiger partial charge is 0.329 e. The van der Waals surface area contributed by atoms with Gasteiger partial charge in [-0.15, -0.1) is 5.10 Å². The molecular formula is C9H13N5O4. The number of nitrogens with zero attached hydrogens (tertiary/aromatic N) is 3. The van der Waals surface area contributed by atoms with Crippen LogP contribution in [0.15, 0.2) is 0 Å². The van der Waals surface area contributed by atoms with Crippen molar-refractivity contribution in [1.29, 1.82) is 0 Å². The molecule has 0 radical (unpaired) electrons. The maximum absolute atomic E-state index is 11.8. The number of anilines is 1. The number of carbonyl (C=O) groups excluding carboxylic acids is 1. The number of H-pyrrole nitrogens is 1. The first-order chi connectivity index (χ1) is 8.39. The van der Waals surface area contributed by atoms with Gasteiger partial charge >= 0.3 is 5.97 Å². The molecule has 0 unspecified atom stereocenters. The number of hydrogen-bond acceptors (Lipinski definition) is 6. The maximum Gasteiger partial charge on any atom is 0.329 e. The van der Waals surface area contributed by atoms with E-state index in [2.05, 4.69) is 15.2 Å². The minimum absolute atomic E-state index is 0.00348. The van der Waals surface area contributed by atoms with Gasteiger partial charge in [-0.2, -0.15) is 4.98 Å². The molecule has 0 bridgehead atoms. The second-order valence-electron chi connectivity index (χ2n) is 4.34. The summed E-state index contributed by atoms with van der Waals surface area (Å²) in [5.41, 5.74) is 4.67. The van der Waals surface area contributed by atoms with E-state index in [4.69, 9.17) is 15.6 Å². The number of amides is 1. The van der Waals surface area contributed by atoms with E-state index in [-0.39, 0.29) is 24.3 Å². The van der Waals surface area contributed by atoms with Gasteiger partial charge in [0.2, 0.25) is 11.8 Å². The topological polar surface area (TPSA) is 134 Å². The van der Waals surface area contributed by atoms with Gasteiger partial charge in [-0.3, -0.25) is 9.89 Å². The molecule has 1 fully saturated rings. The summed E-state index contributed by atoms with van der Waals surface area (Å²) in [6, 6.07) is 0. The number of likely N-dealkylation sites (tertiary alicyclic amines) is 1. The SMILES string of the molecule is CC1(OCC(=O)O)CN(C(=O)c2nc(N)n[nH]2)C1. The minimum atomic E-state index is -1.04. The van der Waals surface area contributed by atoms with Crippen LogP contribution in [0.3, 0.4) is 0 Å². The monoisotopic (exact) mass is 255 g/mol. The van der Waals surface area contributed by atoms with Gasteiger partial charge in [0.25, 0.3) is 5.91 Å². The van der Waals surface area contributed by atoms with Crippen LogP contribution in [0.25, 0.3) is 0 Å². The Labute approximate surface area is 102 Å². The molecule has 1 aliphatic rings. The Kier molecular flexibility index (Phi) is 2.91. The number of hydrogen-bond donors (Lipinski definition) is 3. The molecule has 9 heteroatoms. The van der Waals surface area contributed by atoms with E-state index in [9.17, 15) is 9.59 Å². The van der Waals surface area contributed by atoms with Crippen molar-refractivity contribution in [1.82, 2.24) is 20.1 Å². The lowest BCUT2D eigenvalue weighted by Crippen LogP contribution is -2.63. The number of aliphatic carboxylic acids is 1. The van der Waals surface area contributed by atoms with Crippen molar-refractivity contribution in [2.75, 3.05) is 25.4 Å². The lowest BCUT2D eigenvalue weighted by atomic mass is 9.96. The Balaban J connectivity index is 1.88. The molecule has 0 saturated carbocycles. The van der Waals surface area contributed by atoms with Gasteiger partial charge in [-0.1, -0.05) is 0 Å². The summed E-state index contributed by atoms with van der Waals surface area (Å²) >= 11 is 0. The zero-order valence-electron chi connectivity index (χ0n) is 9.71. The third-order valence-corrected chi connectivity index (χ3v) is 2.59. The zero-order valence-corrected chi connectivity index (χ0v) is 9.71. The third kappa shape index (κ3) is 2.40. The number of rotatable bonds is 4. The average Bonchev–Trinajstić information content (AvgIpc) is 2.68. The highest BCUT2D eigenvalue weighted by atomic mass is 16.5. The highest BCUT2D eigenvalue weighted by molar-refractivity contribution is 5.91. The molecule has 98 valence electrons. The van der Waals surface area contributed by atoms with Crippen molar-refractivity contribution in [3.8, 4) is 0 Å². The molecule has 0 spiro atoms. The van der Waals surface area contributed by atoms with E-state index < -0.39 is 11.6 Å². The molecular weight excluding hydrogens is 242 g/mol. The number of carboxylic acid groups (broad SMARTS) is 1. The highest BCUT2D eigenvalue weighted by Crippen LogP contribution is 2.25. The Morgan fingerprint density at radius 2 is 2.28 bits per heavy atom. The average molecular weight is 255 g/mol. The van der Waals surface area contributed by atoms with Gasteiger partial charge in [-0.05, 0) is 6.92 Å². The number of nitrogens with one attached hydrogen (secondary N) is 1. The Morgan fingerprint density at radius 3 is 2.78 bits per heavy atom. The number of carboxylic acids is 1. The Bertz CT molecular complexity index is 479. The minimum Gasteiger partial charge on any atom is -0.480 e. The van der Waals surface area contributed by atoms with Gasteiger partial charge in [-0.25, -0.2) is 4.79 Å². The lowest BCUT2D eigenvalue weighted by molar-refractivity contribution is -0.160. The van der Waals surface area contributed by atoms with Crippen LogP contribution in [0.5, 0.6) is 0 Å². The normalized spacial score (nSPS) is 17.3. The van der Waals surface area contributed by atoms with Gasteiger partial charge in [0.05, 0.1) is 13.1 Å². The number of nitrogen functional groups attached to an aromatic ring is 1. The van der Waals surface area contributed by atoms with E-state index >= 15 is 0 Å². The summed E-state index contributed by atoms with van der Waals surface area (Å²) in [6.07, 6.45) is 0. The van der Waals surface area contributed by atoms with Crippen molar-refractivity contribution in [2.45, 2.75) is 12.5 Å². The summed E-state index contributed by atoms with van der Waals surface area (Å²) in [6.45, 7) is 1.97. The third-order valence-electron chi connectivity index (χ3n) is 2.59. The first-order valence-corrected chi connectivity index (χ1v) is 5.22. The van der Waals surface area contributed by atoms with Crippen LogP contribution in [-0.2, 0) is 9.53 Å². The summed E-state index contributed by atoms with van der Waals surface area (Å²) in [5.74, 6) is -1.31. The van der Waals surface area contributed by atoms with E-state index in [1.807, 2.05) is 0 Å². The molecule has 0 aromatic carbocycles. The maximum atomic E-state index is 11.8. The summed E-state index contributed by atoms with van der Waals surface area (Å²) in [5, 5.41) is 14.5. The lowest BCUT2D eigenvalue weighted by Gasteiger charge is -2.46. The number of nitrogens with two attached hydrogens (primary N) is 1. The summed E-state index contributed by atoms with van der Waals surface area (Å²) < 4.78 is 5.18. The molecule has 4 N–H and O–H groups in total. The van der Waals surface area contributed by atoms with Crippen molar-refractivity contribution in [2.24, 2.45) is 0 Å². The van der Waals surface area contributed by atoms with E-state index in [1.54, 1.807) is 6.92 Å². The summed E-state index contributed by atoms with van der Waals surface area (Å²) in [7, 11) is 0. The fraction of sp³-hybridized carbons (Fsp3) is 0.556. The molecule has 1 aliphatic heterocycles. The molecule has 2 rings (SSSR count). The van der Waals surface area contributed by atoms with Crippen molar-refractivity contribution < 1.29 is 19.4 Å². The standard InChI is InChI=1S/C9H13N5O4/c1-9(18-2-5(15)16)3-14(4-9)7(17)6-11-8(10)13-12-6/h2-4H2,1H3,(H,15,16)(H3,10,11,12,13). The molecule has 0 atom stereocenters. The van der Waals surface area contributed by atoms with E-state index in [0.717, 1.165) is 0 Å². The van der Waals surface area contributed by atoms with Crippen LogP contribution >= 0.6 is 0 Å². The molecule has 9 nitrogen and oxygen atoms in total. The second kappa shape index (κ2) is 4.26. The largest absolute Gasteiger partial charge is 0.480 e.